The number of para-hydroxylation sites is 1. The van der Waals surface area contributed by atoms with Gasteiger partial charge in [0.05, 0.1) is 16.6 Å². The van der Waals surface area contributed by atoms with Gasteiger partial charge >= 0.3 is 0 Å². The predicted molar refractivity (Wildman–Crippen MR) is 164 cm³/mol. The summed E-state index contributed by atoms with van der Waals surface area (Å²) in [5.41, 5.74) is 13.3. The van der Waals surface area contributed by atoms with E-state index in [0.29, 0.717) is 23.0 Å². The van der Waals surface area contributed by atoms with E-state index in [-0.39, 0.29) is 5.82 Å². The Morgan fingerprint density at radius 1 is 0.900 bits per heavy atom. The number of aryl methyl sites for hydroxylation is 1. The molecule has 4 N–H and O–H groups in total. The van der Waals surface area contributed by atoms with Crippen LogP contribution < -0.4 is 16.4 Å². The minimum Gasteiger partial charge on any atom is -0.382 e. The number of rotatable bonds is 7. The Kier molecular flexibility index (Phi) is 6.76. The Hall–Kier alpha value is -4.58. The van der Waals surface area contributed by atoms with Crippen LogP contribution in [0.4, 0.5) is 15.8 Å². The van der Waals surface area contributed by atoms with Crippen molar-refractivity contribution in [3.05, 3.63) is 108 Å². The molecule has 40 heavy (non-hydrogen) atoms. The van der Waals surface area contributed by atoms with Crippen LogP contribution in [0.5, 0.6) is 0 Å². The second kappa shape index (κ2) is 10.5. The predicted octanol–water partition coefficient (Wildman–Crippen LogP) is 8.16. The molecule has 0 saturated heterocycles. The molecule has 0 unspecified atom stereocenters. The van der Waals surface area contributed by atoms with Crippen LogP contribution >= 0.6 is 0 Å². The summed E-state index contributed by atoms with van der Waals surface area (Å²) in [6, 6.07) is 25.2. The highest BCUT2D eigenvalue weighted by Gasteiger charge is 2.20. The zero-order chi connectivity index (χ0) is 27.8. The largest absolute Gasteiger partial charge is 0.382 e. The van der Waals surface area contributed by atoms with Crippen LogP contribution in [-0.4, -0.2) is 16.5 Å². The SMILES string of the molecule is C=C(Nc1cc(F)ccc1C)c1cccc2c1c1ccccc1n2-c1ccc(C(N)=O)c(NC2CCCCC2)c1. The summed E-state index contributed by atoms with van der Waals surface area (Å²) in [5, 5.41) is 9.09. The summed E-state index contributed by atoms with van der Waals surface area (Å²) in [6.45, 7) is 6.28. The molecule has 6 heteroatoms. The van der Waals surface area contributed by atoms with Crippen LogP contribution in [0, 0.1) is 12.7 Å². The third-order valence-electron chi connectivity index (χ3n) is 8.00. The quantitative estimate of drug-likeness (QED) is 0.198. The molecule has 0 aliphatic heterocycles. The highest BCUT2D eigenvalue weighted by Crippen LogP contribution is 2.38. The molecule has 5 aromatic rings. The van der Waals surface area contributed by atoms with Crippen molar-refractivity contribution in [3.63, 3.8) is 0 Å². The zero-order valence-electron chi connectivity index (χ0n) is 22.6. The molecule has 1 aliphatic rings. The number of carbonyl (C=O) groups is 1. The first-order valence-corrected chi connectivity index (χ1v) is 13.9. The maximum Gasteiger partial charge on any atom is 0.250 e. The summed E-state index contributed by atoms with van der Waals surface area (Å²) >= 11 is 0. The third kappa shape index (κ3) is 4.70. The highest BCUT2D eigenvalue weighted by atomic mass is 19.1. The van der Waals surface area contributed by atoms with E-state index in [9.17, 15) is 9.18 Å². The second-order valence-corrected chi connectivity index (χ2v) is 10.7. The van der Waals surface area contributed by atoms with Gasteiger partial charge in [0.1, 0.15) is 5.82 Å². The first kappa shape index (κ1) is 25.7. The van der Waals surface area contributed by atoms with Gasteiger partial charge in [-0.25, -0.2) is 4.39 Å². The van der Waals surface area contributed by atoms with E-state index in [1.165, 1.54) is 31.4 Å². The van der Waals surface area contributed by atoms with Crippen LogP contribution in [0.15, 0.2) is 85.4 Å². The monoisotopic (exact) mass is 532 g/mol. The first-order chi connectivity index (χ1) is 19.4. The van der Waals surface area contributed by atoms with E-state index >= 15 is 0 Å². The number of primary amides is 1. The Morgan fingerprint density at radius 2 is 1.68 bits per heavy atom. The van der Waals surface area contributed by atoms with Crippen molar-refractivity contribution in [2.45, 2.75) is 45.1 Å². The van der Waals surface area contributed by atoms with Gasteiger partial charge in [-0.3, -0.25) is 4.79 Å². The Balaban J connectivity index is 1.49. The molecule has 1 saturated carbocycles. The molecular weight excluding hydrogens is 499 g/mol. The van der Waals surface area contributed by atoms with Crippen LogP contribution in [0.25, 0.3) is 33.2 Å². The average molecular weight is 533 g/mol. The maximum atomic E-state index is 14.0. The molecule has 1 aliphatic carbocycles. The molecule has 202 valence electrons. The number of nitrogens with two attached hydrogens (primary N) is 1. The summed E-state index contributed by atoms with van der Waals surface area (Å²) in [7, 11) is 0. The van der Waals surface area contributed by atoms with Gasteiger partial charge in [0.15, 0.2) is 0 Å². The normalized spacial score (nSPS) is 13.9. The fourth-order valence-corrected chi connectivity index (χ4v) is 5.98. The van der Waals surface area contributed by atoms with Crippen molar-refractivity contribution >= 4 is 44.8 Å². The number of halogens is 1. The summed E-state index contributed by atoms with van der Waals surface area (Å²) in [4.78, 5) is 12.3. The molecule has 0 atom stereocenters. The van der Waals surface area contributed by atoms with E-state index in [0.717, 1.165) is 57.1 Å². The number of aromatic nitrogens is 1. The molecular formula is C34H33FN4O. The van der Waals surface area contributed by atoms with Gasteiger partial charge in [0.2, 0.25) is 0 Å². The van der Waals surface area contributed by atoms with E-state index in [4.69, 9.17) is 5.73 Å². The fourth-order valence-electron chi connectivity index (χ4n) is 5.98. The molecule has 1 aromatic heterocycles. The number of nitrogens with one attached hydrogen (secondary N) is 2. The molecule has 5 nitrogen and oxygen atoms in total. The lowest BCUT2D eigenvalue weighted by Crippen LogP contribution is -2.24. The molecule has 1 amide bonds. The maximum absolute atomic E-state index is 14.0. The summed E-state index contributed by atoms with van der Waals surface area (Å²) in [6.07, 6.45) is 5.80. The van der Waals surface area contributed by atoms with Crippen molar-refractivity contribution in [2.75, 3.05) is 10.6 Å². The van der Waals surface area contributed by atoms with Gasteiger partial charge in [-0.15, -0.1) is 0 Å². The lowest BCUT2D eigenvalue weighted by atomic mass is 9.95. The summed E-state index contributed by atoms with van der Waals surface area (Å²) in [5.74, 6) is -0.739. The Labute approximate surface area is 233 Å². The molecule has 1 heterocycles. The van der Waals surface area contributed by atoms with Gasteiger partial charge in [-0.1, -0.05) is 62.2 Å². The topological polar surface area (TPSA) is 72.1 Å². The molecule has 6 rings (SSSR count). The van der Waals surface area contributed by atoms with Gasteiger partial charge in [0.25, 0.3) is 5.91 Å². The van der Waals surface area contributed by atoms with Gasteiger partial charge in [-0.05, 0) is 67.8 Å². The number of carbonyl (C=O) groups excluding carboxylic acids is 1. The number of anilines is 2. The van der Waals surface area contributed by atoms with Gasteiger partial charge in [0, 0.05) is 45.1 Å². The Bertz CT molecular complexity index is 1760. The number of benzene rings is 4. The van der Waals surface area contributed by atoms with Gasteiger partial charge < -0.3 is 20.9 Å². The lowest BCUT2D eigenvalue weighted by Gasteiger charge is -2.25. The second-order valence-electron chi connectivity index (χ2n) is 10.7. The molecule has 0 spiro atoms. The number of fused-ring (bicyclic) bond motifs is 3. The average Bonchev–Trinajstić information content (AvgIpc) is 3.30. The van der Waals surface area contributed by atoms with Crippen LogP contribution in [0.2, 0.25) is 0 Å². The molecule has 1 fully saturated rings. The van der Waals surface area contributed by atoms with E-state index < -0.39 is 5.91 Å². The van der Waals surface area contributed by atoms with Gasteiger partial charge in [-0.2, -0.15) is 0 Å². The molecule has 4 aromatic carbocycles. The van der Waals surface area contributed by atoms with Crippen LogP contribution in [-0.2, 0) is 0 Å². The van der Waals surface area contributed by atoms with E-state index in [1.54, 1.807) is 6.07 Å². The molecule has 0 radical (unpaired) electrons. The van der Waals surface area contributed by atoms with Crippen molar-refractivity contribution < 1.29 is 9.18 Å². The lowest BCUT2D eigenvalue weighted by molar-refractivity contribution is 0.100. The van der Waals surface area contributed by atoms with E-state index in [1.807, 2.05) is 49.4 Å². The smallest absolute Gasteiger partial charge is 0.250 e. The minimum absolute atomic E-state index is 0.298. The van der Waals surface area contributed by atoms with Crippen LogP contribution in [0.1, 0.15) is 53.6 Å². The third-order valence-corrected chi connectivity index (χ3v) is 8.00. The van der Waals surface area contributed by atoms with Crippen molar-refractivity contribution in [1.29, 1.82) is 0 Å². The highest BCUT2D eigenvalue weighted by molar-refractivity contribution is 6.14. The summed E-state index contributed by atoms with van der Waals surface area (Å²) < 4.78 is 16.2. The minimum atomic E-state index is -0.440. The molecule has 0 bridgehead atoms. The van der Waals surface area contributed by atoms with Crippen molar-refractivity contribution in [3.8, 4) is 5.69 Å². The Morgan fingerprint density at radius 3 is 2.48 bits per heavy atom. The van der Waals surface area contributed by atoms with E-state index in [2.05, 4.69) is 40.0 Å². The van der Waals surface area contributed by atoms with Crippen molar-refractivity contribution in [2.24, 2.45) is 5.73 Å². The zero-order valence-corrected chi connectivity index (χ0v) is 22.6. The number of amides is 1. The number of hydrogen-bond acceptors (Lipinski definition) is 3. The van der Waals surface area contributed by atoms with Crippen molar-refractivity contribution in [1.82, 2.24) is 4.57 Å². The first-order valence-electron chi connectivity index (χ1n) is 13.9. The van der Waals surface area contributed by atoms with Crippen LogP contribution in [0.3, 0.4) is 0 Å². The fraction of sp³-hybridized carbons (Fsp3) is 0.206. The number of hydrogen-bond donors (Lipinski definition) is 3. The standard InChI is InChI=1S/C34H33FN4O/c1-21-15-16-23(35)19-29(21)37-22(2)26-12-8-14-32-33(26)28-11-6-7-13-31(28)39(32)25-17-18-27(34(36)40)30(20-25)38-24-9-4-3-5-10-24/h6-8,11-20,24,37-38H,2-5,9-10H2,1H3,(H2,36,40). The number of nitrogens with zero attached hydrogens (tertiary/aromatic N) is 1.